The van der Waals surface area contributed by atoms with Crippen molar-refractivity contribution in [3.05, 3.63) is 23.7 Å². The molecule has 7 heteroatoms. The first-order valence-electron chi connectivity index (χ1n) is 5.40. The molecule has 0 aliphatic heterocycles. The quantitative estimate of drug-likeness (QED) is 0.773. The van der Waals surface area contributed by atoms with Crippen LogP contribution in [0.5, 0.6) is 0 Å². The lowest BCUT2D eigenvalue weighted by Gasteiger charge is -2.25. The summed E-state index contributed by atoms with van der Waals surface area (Å²) in [6.07, 6.45) is -3.77. The molecule has 1 unspecified atom stereocenters. The lowest BCUT2D eigenvalue weighted by molar-refractivity contribution is -0.154. The lowest BCUT2D eigenvalue weighted by atomic mass is 10.1. The highest BCUT2D eigenvalue weighted by atomic mass is 19.3. The first kappa shape index (κ1) is 15.0. The minimum Gasteiger partial charge on any atom is -0.462 e. The molecule has 0 fully saturated rings. The molecular formula is C11H15F4NO2. The summed E-state index contributed by atoms with van der Waals surface area (Å²) < 4.78 is 61.3. The van der Waals surface area contributed by atoms with Crippen LogP contribution in [0.1, 0.15) is 24.5 Å². The zero-order valence-electron chi connectivity index (χ0n) is 10.1. The van der Waals surface area contributed by atoms with Crippen molar-refractivity contribution in [1.82, 2.24) is 5.32 Å². The third-order valence-corrected chi connectivity index (χ3v) is 2.34. The van der Waals surface area contributed by atoms with Gasteiger partial charge in [0.2, 0.25) is 0 Å². The van der Waals surface area contributed by atoms with Crippen molar-refractivity contribution in [1.29, 1.82) is 0 Å². The molecule has 1 rings (SSSR count). The fourth-order valence-corrected chi connectivity index (χ4v) is 1.53. The van der Waals surface area contributed by atoms with Gasteiger partial charge in [-0.15, -0.1) is 0 Å². The molecule has 3 nitrogen and oxygen atoms in total. The normalized spacial score (nSPS) is 14.2. The summed E-state index contributed by atoms with van der Waals surface area (Å²) in [5, 5.41) is 2.31. The van der Waals surface area contributed by atoms with Crippen LogP contribution in [0.4, 0.5) is 17.6 Å². The average Bonchev–Trinajstić information content (AvgIpc) is 2.74. The van der Waals surface area contributed by atoms with Crippen molar-refractivity contribution < 1.29 is 26.7 Å². The van der Waals surface area contributed by atoms with Crippen LogP contribution < -0.4 is 5.32 Å². The van der Waals surface area contributed by atoms with Gasteiger partial charge >= 0.3 is 12.3 Å². The molecule has 0 aliphatic carbocycles. The highest BCUT2D eigenvalue weighted by Gasteiger charge is 2.50. The Hall–Kier alpha value is -1.08. The van der Waals surface area contributed by atoms with E-state index < -0.39 is 18.4 Å². The third-order valence-electron chi connectivity index (χ3n) is 2.34. The molecule has 0 aromatic carbocycles. The van der Waals surface area contributed by atoms with Gasteiger partial charge in [0.25, 0.3) is 0 Å². The second kappa shape index (κ2) is 6.19. The number of hydrogen-bond donors (Lipinski definition) is 1. The maximum Gasteiger partial charge on any atom is 0.329 e. The first-order chi connectivity index (χ1) is 8.43. The van der Waals surface area contributed by atoms with Crippen LogP contribution in [0.25, 0.3) is 0 Å². The average molecular weight is 269 g/mol. The van der Waals surface area contributed by atoms with Gasteiger partial charge in [-0.05, 0) is 18.7 Å². The van der Waals surface area contributed by atoms with E-state index >= 15 is 0 Å². The largest absolute Gasteiger partial charge is 0.462 e. The van der Waals surface area contributed by atoms with E-state index in [9.17, 15) is 17.6 Å². The summed E-state index contributed by atoms with van der Waals surface area (Å²) in [6, 6.07) is 0.816. The van der Waals surface area contributed by atoms with E-state index in [1.54, 1.807) is 6.92 Å². The predicted molar refractivity (Wildman–Crippen MR) is 56.8 cm³/mol. The van der Waals surface area contributed by atoms with E-state index in [2.05, 4.69) is 5.32 Å². The van der Waals surface area contributed by atoms with Gasteiger partial charge in [-0.25, -0.2) is 8.78 Å². The van der Waals surface area contributed by atoms with Crippen LogP contribution in [0.2, 0.25) is 0 Å². The van der Waals surface area contributed by atoms with Crippen LogP contribution in [0.15, 0.2) is 16.5 Å². The van der Waals surface area contributed by atoms with Crippen molar-refractivity contribution in [2.45, 2.75) is 31.9 Å². The molecule has 1 atom stereocenters. The highest BCUT2D eigenvalue weighted by molar-refractivity contribution is 5.13. The van der Waals surface area contributed by atoms with Crippen LogP contribution in [0, 0.1) is 0 Å². The molecule has 0 spiro atoms. The molecule has 0 bridgehead atoms. The van der Waals surface area contributed by atoms with E-state index in [-0.39, 0.29) is 18.9 Å². The number of hydrogen-bond acceptors (Lipinski definition) is 3. The van der Waals surface area contributed by atoms with Gasteiger partial charge in [0.15, 0.2) is 0 Å². The summed E-state index contributed by atoms with van der Waals surface area (Å²) in [5.74, 6) is -4.12. The molecule has 0 amide bonds. The highest BCUT2D eigenvalue weighted by Crippen LogP contribution is 2.37. The Bertz CT molecular complexity index is 368. The molecule has 0 saturated heterocycles. The van der Waals surface area contributed by atoms with E-state index in [0.29, 0.717) is 5.76 Å². The minimum atomic E-state index is -4.20. The Morgan fingerprint density at radius 1 is 1.39 bits per heavy atom. The van der Waals surface area contributed by atoms with Gasteiger partial charge in [-0.2, -0.15) is 8.78 Å². The number of alkyl halides is 4. The van der Waals surface area contributed by atoms with E-state index in [0.717, 1.165) is 0 Å². The van der Waals surface area contributed by atoms with Crippen LogP contribution in [0.3, 0.4) is 0 Å². The lowest BCUT2D eigenvalue weighted by Crippen LogP contribution is -2.42. The number of furan rings is 1. The molecule has 18 heavy (non-hydrogen) atoms. The first-order valence-corrected chi connectivity index (χ1v) is 5.40. The smallest absolute Gasteiger partial charge is 0.329 e. The monoisotopic (exact) mass is 269 g/mol. The number of rotatable bonds is 7. The van der Waals surface area contributed by atoms with Crippen molar-refractivity contribution in [2.75, 3.05) is 13.7 Å². The molecule has 1 aromatic rings. The summed E-state index contributed by atoms with van der Waals surface area (Å²) in [7, 11) is 1.41. The van der Waals surface area contributed by atoms with Crippen molar-refractivity contribution in [3.8, 4) is 0 Å². The predicted octanol–water partition coefficient (Wildman–Crippen LogP) is 2.98. The number of nitrogens with one attached hydrogen (secondary N) is 1. The number of methoxy groups -OCH3 is 1. The van der Waals surface area contributed by atoms with E-state index in [1.165, 1.54) is 19.2 Å². The zero-order chi connectivity index (χ0) is 13.8. The standard InChI is InChI=1S/C11H15F4NO2/c1-3-16-9(11(14,15)10(12)13)8-5-4-7(18-8)6-17-2/h4-5,9-10,16H,3,6H2,1-2H3. The van der Waals surface area contributed by atoms with E-state index in [4.69, 9.17) is 9.15 Å². The second-order valence-corrected chi connectivity index (χ2v) is 3.70. The van der Waals surface area contributed by atoms with E-state index in [1.807, 2.05) is 0 Å². The Morgan fingerprint density at radius 2 is 2.06 bits per heavy atom. The summed E-state index contributed by atoms with van der Waals surface area (Å²) >= 11 is 0. The van der Waals surface area contributed by atoms with Crippen LogP contribution >= 0.6 is 0 Å². The molecule has 1 heterocycles. The van der Waals surface area contributed by atoms with Crippen molar-refractivity contribution >= 4 is 0 Å². The molecular weight excluding hydrogens is 254 g/mol. The molecule has 1 N–H and O–H groups in total. The maximum atomic E-state index is 13.4. The fourth-order valence-electron chi connectivity index (χ4n) is 1.53. The molecule has 0 saturated carbocycles. The van der Waals surface area contributed by atoms with Gasteiger partial charge in [0.1, 0.15) is 24.2 Å². The van der Waals surface area contributed by atoms with Gasteiger partial charge < -0.3 is 14.5 Å². The third kappa shape index (κ3) is 3.23. The van der Waals surface area contributed by atoms with Crippen LogP contribution in [-0.2, 0) is 11.3 Å². The summed E-state index contributed by atoms with van der Waals surface area (Å²) in [5.41, 5.74) is 0. The molecule has 0 radical (unpaired) electrons. The van der Waals surface area contributed by atoms with Gasteiger partial charge in [-0.1, -0.05) is 6.92 Å². The Labute approximate surface area is 102 Å². The zero-order valence-corrected chi connectivity index (χ0v) is 10.1. The summed E-state index contributed by atoms with van der Waals surface area (Å²) in [4.78, 5) is 0. The van der Waals surface area contributed by atoms with Crippen LogP contribution in [-0.4, -0.2) is 26.0 Å². The Balaban J connectivity index is 2.96. The number of ether oxygens (including phenoxy) is 1. The SMILES string of the molecule is CCNC(c1ccc(COC)o1)C(F)(F)C(F)F. The fraction of sp³-hybridized carbons (Fsp3) is 0.636. The molecule has 1 aromatic heterocycles. The minimum absolute atomic E-state index is 0.0963. The summed E-state index contributed by atoms with van der Waals surface area (Å²) in [6.45, 7) is 1.76. The number of halogens is 4. The Morgan fingerprint density at radius 3 is 2.56 bits per heavy atom. The van der Waals surface area contributed by atoms with Gasteiger partial charge in [0.05, 0.1) is 0 Å². The van der Waals surface area contributed by atoms with Gasteiger partial charge in [-0.3, -0.25) is 0 Å². The molecule has 104 valence electrons. The van der Waals surface area contributed by atoms with Crippen molar-refractivity contribution in [3.63, 3.8) is 0 Å². The van der Waals surface area contributed by atoms with Crippen molar-refractivity contribution in [2.24, 2.45) is 0 Å². The molecule has 0 aliphatic rings. The maximum absolute atomic E-state index is 13.4. The second-order valence-electron chi connectivity index (χ2n) is 3.70. The topological polar surface area (TPSA) is 34.4 Å². The Kier molecular flexibility index (Phi) is 5.15. The van der Waals surface area contributed by atoms with Gasteiger partial charge in [0, 0.05) is 7.11 Å².